The average Bonchev–Trinajstić information content (AvgIpc) is 2.95. The summed E-state index contributed by atoms with van der Waals surface area (Å²) in [7, 11) is 0. The standard InChI is InChI=1S/C17H23N3O3/c21-17-5-3-11-19(17)13-16-4-1-2-10-18(16)12-14-6-8-15(9-7-14)20(22)23/h6-9,16H,1-5,10-13H2. The molecule has 0 aliphatic carbocycles. The Morgan fingerprint density at radius 1 is 1.13 bits per heavy atom. The fourth-order valence-electron chi connectivity index (χ4n) is 3.58. The Labute approximate surface area is 136 Å². The molecule has 2 aliphatic heterocycles. The van der Waals surface area contributed by atoms with Crippen LogP contribution in [0, 0.1) is 10.1 Å². The summed E-state index contributed by atoms with van der Waals surface area (Å²) >= 11 is 0. The van der Waals surface area contributed by atoms with Crippen molar-refractivity contribution in [2.24, 2.45) is 0 Å². The van der Waals surface area contributed by atoms with Crippen molar-refractivity contribution in [1.29, 1.82) is 0 Å². The van der Waals surface area contributed by atoms with Gasteiger partial charge >= 0.3 is 0 Å². The van der Waals surface area contributed by atoms with Crippen molar-refractivity contribution in [3.63, 3.8) is 0 Å². The number of carbonyl (C=O) groups excluding carboxylic acids is 1. The molecule has 0 saturated carbocycles. The molecule has 1 aromatic carbocycles. The molecular formula is C17H23N3O3. The maximum Gasteiger partial charge on any atom is 0.269 e. The van der Waals surface area contributed by atoms with Gasteiger partial charge < -0.3 is 4.90 Å². The van der Waals surface area contributed by atoms with Gasteiger partial charge in [-0.3, -0.25) is 19.8 Å². The zero-order valence-corrected chi connectivity index (χ0v) is 13.3. The van der Waals surface area contributed by atoms with Crippen LogP contribution < -0.4 is 0 Å². The van der Waals surface area contributed by atoms with Crippen LogP contribution in [0.25, 0.3) is 0 Å². The summed E-state index contributed by atoms with van der Waals surface area (Å²) in [6.07, 6.45) is 5.18. The maximum atomic E-state index is 11.9. The van der Waals surface area contributed by atoms with Crippen LogP contribution in [0.3, 0.4) is 0 Å². The van der Waals surface area contributed by atoms with Crippen molar-refractivity contribution in [3.05, 3.63) is 39.9 Å². The van der Waals surface area contributed by atoms with E-state index in [2.05, 4.69) is 4.90 Å². The lowest BCUT2D eigenvalue weighted by Crippen LogP contribution is -2.46. The van der Waals surface area contributed by atoms with Gasteiger partial charge in [0.25, 0.3) is 5.69 Å². The van der Waals surface area contributed by atoms with Crippen molar-refractivity contribution in [2.75, 3.05) is 19.6 Å². The number of nitrogens with zero attached hydrogens (tertiary/aromatic N) is 3. The van der Waals surface area contributed by atoms with Crippen molar-refractivity contribution in [2.45, 2.75) is 44.7 Å². The Balaban J connectivity index is 1.63. The fourth-order valence-corrected chi connectivity index (χ4v) is 3.58. The van der Waals surface area contributed by atoms with Crippen LogP contribution in [0.2, 0.25) is 0 Å². The van der Waals surface area contributed by atoms with Crippen LogP contribution in [0.1, 0.15) is 37.7 Å². The van der Waals surface area contributed by atoms with E-state index in [1.807, 2.05) is 17.0 Å². The summed E-state index contributed by atoms with van der Waals surface area (Å²) in [6, 6.07) is 7.22. The lowest BCUT2D eigenvalue weighted by Gasteiger charge is -2.37. The Kier molecular flexibility index (Phi) is 4.91. The molecule has 3 rings (SSSR count). The first-order valence-corrected chi connectivity index (χ1v) is 8.38. The van der Waals surface area contributed by atoms with Crippen LogP contribution in [0.5, 0.6) is 0 Å². The van der Waals surface area contributed by atoms with Gasteiger partial charge in [0, 0.05) is 44.2 Å². The first-order chi connectivity index (χ1) is 11.1. The molecule has 0 aromatic heterocycles. The minimum absolute atomic E-state index is 0.131. The van der Waals surface area contributed by atoms with Gasteiger partial charge in [0.2, 0.25) is 5.91 Å². The highest BCUT2D eigenvalue weighted by Crippen LogP contribution is 2.23. The van der Waals surface area contributed by atoms with E-state index >= 15 is 0 Å². The highest BCUT2D eigenvalue weighted by Gasteiger charge is 2.28. The summed E-state index contributed by atoms with van der Waals surface area (Å²) in [5, 5.41) is 10.7. The number of piperidine rings is 1. The number of hydrogen-bond donors (Lipinski definition) is 0. The predicted octanol–water partition coefficient (Wildman–Crippen LogP) is 2.57. The number of amides is 1. The topological polar surface area (TPSA) is 66.7 Å². The highest BCUT2D eigenvalue weighted by molar-refractivity contribution is 5.78. The average molecular weight is 317 g/mol. The molecule has 2 heterocycles. The van der Waals surface area contributed by atoms with E-state index < -0.39 is 0 Å². The number of rotatable bonds is 5. The number of nitro groups is 1. The number of hydrogen-bond acceptors (Lipinski definition) is 4. The van der Waals surface area contributed by atoms with Gasteiger partial charge in [0.05, 0.1) is 4.92 Å². The summed E-state index contributed by atoms with van der Waals surface area (Å²) < 4.78 is 0. The zero-order valence-electron chi connectivity index (χ0n) is 13.3. The number of carbonyl (C=O) groups is 1. The second-order valence-electron chi connectivity index (χ2n) is 6.49. The molecule has 1 unspecified atom stereocenters. The van der Waals surface area contributed by atoms with Crippen molar-refractivity contribution >= 4 is 11.6 Å². The molecule has 124 valence electrons. The SMILES string of the molecule is O=C1CCCN1CC1CCCCN1Cc1ccc([N+](=O)[O-])cc1. The second kappa shape index (κ2) is 7.08. The summed E-state index contributed by atoms with van der Waals surface area (Å²) in [5.74, 6) is 0.283. The summed E-state index contributed by atoms with van der Waals surface area (Å²) in [6.45, 7) is 3.54. The van der Waals surface area contributed by atoms with E-state index in [0.29, 0.717) is 12.5 Å². The largest absolute Gasteiger partial charge is 0.341 e. The number of non-ortho nitro benzene ring substituents is 1. The van der Waals surface area contributed by atoms with Crippen molar-refractivity contribution in [1.82, 2.24) is 9.80 Å². The van der Waals surface area contributed by atoms with E-state index in [9.17, 15) is 14.9 Å². The van der Waals surface area contributed by atoms with E-state index in [1.165, 1.54) is 12.8 Å². The van der Waals surface area contributed by atoms with Gasteiger partial charge in [-0.15, -0.1) is 0 Å². The third-order valence-corrected chi connectivity index (χ3v) is 4.88. The molecule has 0 radical (unpaired) electrons. The number of likely N-dealkylation sites (tertiary alicyclic amines) is 2. The quantitative estimate of drug-likeness (QED) is 0.618. The molecule has 1 atom stereocenters. The third-order valence-electron chi connectivity index (χ3n) is 4.88. The molecule has 0 spiro atoms. The molecule has 6 nitrogen and oxygen atoms in total. The molecular weight excluding hydrogens is 294 g/mol. The van der Waals surface area contributed by atoms with Crippen molar-refractivity contribution in [3.8, 4) is 0 Å². The number of benzene rings is 1. The number of nitro benzene ring substituents is 1. The van der Waals surface area contributed by atoms with Crippen LogP contribution >= 0.6 is 0 Å². The molecule has 2 aliphatic rings. The van der Waals surface area contributed by atoms with Gasteiger partial charge in [-0.25, -0.2) is 0 Å². The maximum absolute atomic E-state index is 11.9. The molecule has 1 aromatic rings. The van der Waals surface area contributed by atoms with Crippen LogP contribution in [-0.2, 0) is 11.3 Å². The predicted molar refractivity (Wildman–Crippen MR) is 87.0 cm³/mol. The van der Waals surface area contributed by atoms with Gasteiger partial charge in [-0.05, 0) is 31.4 Å². The molecule has 23 heavy (non-hydrogen) atoms. The zero-order chi connectivity index (χ0) is 16.2. The molecule has 0 bridgehead atoms. The van der Waals surface area contributed by atoms with E-state index in [-0.39, 0.29) is 16.5 Å². The first kappa shape index (κ1) is 15.9. The monoisotopic (exact) mass is 317 g/mol. The minimum Gasteiger partial charge on any atom is -0.341 e. The molecule has 2 saturated heterocycles. The molecule has 2 fully saturated rings. The fraction of sp³-hybridized carbons (Fsp3) is 0.588. The summed E-state index contributed by atoms with van der Waals surface area (Å²) in [4.78, 5) is 26.7. The Morgan fingerprint density at radius 2 is 1.91 bits per heavy atom. The Hall–Kier alpha value is -1.95. The first-order valence-electron chi connectivity index (χ1n) is 8.38. The third kappa shape index (κ3) is 3.88. The van der Waals surface area contributed by atoms with E-state index in [1.54, 1.807) is 12.1 Å². The normalized spacial score (nSPS) is 22.5. The lowest BCUT2D eigenvalue weighted by molar-refractivity contribution is -0.384. The van der Waals surface area contributed by atoms with Gasteiger partial charge in [0.1, 0.15) is 0 Å². The van der Waals surface area contributed by atoms with Gasteiger partial charge in [0.15, 0.2) is 0 Å². The van der Waals surface area contributed by atoms with E-state index in [0.717, 1.165) is 44.6 Å². The van der Waals surface area contributed by atoms with Crippen LogP contribution in [0.4, 0.5) is 5.69 Å². The van der Waals surface area contributed by atoms with Crippen LogP contribution in [0.15, 0.2) is 24.3 Å². The summed E-state index contributed by atoms with van der Waals surface area (Å²) in [5.41, 5.74) is 1.22. The molecule has 6 heteroatoms. The van der Waals surface area contributed by atoms with Gasteiger partial charge in [-0.1, -0.05) is 18.6 Å². The van der Waals surface area contributed by atoms with E-state index in [4.69, 9.17) is 0 Å². The Morgan fingerprint density at radius 3 is 2.57 bits per heavy atom. The van der Waals surface area contributed by atoms with Gasteiger partial charge in [-0.2, -0.15) is 0 Å². The smallest absolute Gasteiger partial charge is 0.269 e. The van der Waals surface area contributed by atoms with Crippen molar-refractivity contribution < 1.29 is 9.72 Å². The highest BCUT2D eigenvalue weighted by atomic mass is 16.6. The molecule has 1 amide bonds. The minimum atomic E-state index is -0.369. The molecule has 0 N–H and O–H groups in total. The lowest BCUT2D eigenvalue weighted by atomic mass is 10.0. The Bertz CT molecular complexity index is 573. The second-order valence-corrected chi connectivity index (χ2v) is 6.49. The van der Waals surface area contributed by atoms with Crippen LogP contribution in [-0.4, -0.2) is 46.3 Å².